The van der Waals surface area contributed by atoms with Crippen molar-refractivity contribution in [3.05, 3.63) is 0 Å². The first-order valence-electron chi connectivity index (χ1n) is 5.64. The molecule has 0 aliphatic carbocycles. The fourth-order valence-electron chi connectivity index (χ4n) is 1.74. The van der Waals surface area contributed by atoms with Gasteiger partial charge in [-0.3, -0.25) is 0 Å². The summed E-state index contributed by atoms with van der Waals surface area (Å²) >= 11 is 0. The minimum absolute atomic E-state index is 0.272. The van der Waals surface area contributed by atoms with Crippen LogP contribution in [0.5, 0.6) is 0 Å². The molecule has 2 unspecified atom stereocenters. The summed E-state index contributed by atoms with van der Waals surface area (Å²) in [5.41, 5.74) is 0. The van der Waals surface area contributed by atoms with Crippen LogP contribution < -0.4 is 5.32 Å². The van der Waals surface area contributed by atoms with E-state index in [1.54, 1.807) is 0 Å². The second-order valence-electron chi connectivity index (χ2n) is 5.02. The molecule has 0 heterocycles. The quantitative estimate of drug-likeness (QED) is 0.732. The van der Waals surface area contributed by atoms with Crippen molar-refractivity contribution in [1.29, 1.82) is 0 Å². The van der Waals surface area contributed by atoms with E-state index in [-0.39, 0.29) is 11.8 Å². The summed E-state index contributed by atoms with van der Waals surface area (Å²) in [6.07, 6.45) is 3.11. The Kier molecular flexibility index (Phi) is 6.44. The first-order chi connectivity index (χ1) is 6.70. The molecule has 0 amide bonds. The molecule has 15 heavy (non-hydrogen) atoms. The monoisotopic (exact) mass is 235 g/mol. The van der Waals surface area contributed by atoms with Crippen LogP contribution in [0.25, 0.3) is 0 Å². The fraction of sp³-hybridized carbons (Fsp3) is 1.00. The van der Waals surface area contributed by atoms with E-state index in [1.807, 2.05) is 6.92 Å². The zero-order valence-electron chi connectivity index (χ0n) is 10.6. The van der Waals surface area contributed by atoms with E-state index >= 15 is 0 Å². The first kappa shape index (κ1) is 14.9. The van der Waals surface area contributed by atoms with Gasteiger partial charge in [-0.1, -0.05) is 13.8 Å². The van der Waals surface area contributed by atoms with Gasteiger partial charge in [0.15, 0.2) is 0 Å². The van der Waals surface area contributed by atoms with Crippen molar-refractivity contribution in [1.82, 2.24) is 5.32 Å². The van der Waals surface area contributed by atoms with Crippen molar-refractivity contribution >= 4 is 9.84 Å². The molecule has 0 aromatic rings. The van der Waals surface area contributed by atoms with Gasteiger partial charge in [-0.25, -0.2) is 8.42 Å². The van der Waals surface area contributed by atoms with Gasteiger partial charge in [-0.05, 0) is 32.6 Å². The molecular formula is C11H25NO2S. The minimum Gasteiger partial charge on any atom is -0.312 e. The molecule has 4 heteroatoms. The van der Waals surface area contributed by atoms with Gasteiger partial charge >= 0.3 is 0 Å². The third-order valence-corrected chi connectivity index (χ3v) is 3.29. The molecule has 0 saturated carbocycles. The lowest BCUT2D eigenvalue weighted by Crippen LogP contribution is -2.36. The largest absolute Gasteiger partial charge is 0.312 e. The number of nitrogens with one attached hydrogen (secondary N) is 1. The maximum atomic E-state index is 11.0. The maximum absolute atomic E-state index is 11.0. The summed E-state index contributed by atoms with van der Waals surface area (Å²) in [7, 11) is -2.82. The van der Waals surface area contributed by atoms with Crippen LogP contribution in [0, 0.1) is 5.92 Å². The maximum Gasteiger partial charge on any atom is 0.147 e. The molecule has 0 aliphatic heterocycles. The molecule has 0 saturated heterocycles. The zero-order chi connectivity index (χ0) is 12.1. The van der Waals surface area contributed by atoms with Crippen molar-refractivity contribution in [2.45, 2.75) is 52.6 Å². The van der Waals surface area contributed by atoms with Gasteiger partial charge in [-0.2, -0.15) is 0 Å². The molecule has 3 nitrogen and oxygen atoms in total. The van der Waals surface area contributed by atoms with Gasteiger partial charge < -0.3 is 5.32 Å². The fourth-order valence-corrected chi connectivity index (χ4v) is 2.52. The molecule has 92 valence electrons. The molecule has 0 bridgehead atoms. The van der Waals surface area contributed by atoms with Crippen LogP contribution in [0.3, 0.4) is 0 Å². The van der Waals surface area contributed by atoms with Crippen molar-refractivity contribution < 1.29 is 8.42 Å². The summed E-state index contributed by atoms with van der Waals surface area (Å²) < 4.78 is 21.9. The number of hydrogen-bond acceptors (Lipinski definition) is 3. The van der Waals surface area contributed by atoms with Crippen LogP contribution >= 0.6 is 0 Å². The lowest BCUT2D eigenvalue weighted by molar-refractivity contribution is 0.396. The predicted molar refractivity (Wildman–Crippen MR) is 65.8 cm³/mol. The van der Waals surface area contributed by atoms with Gasteiger partial charge in [0.2, 0.25) is 0 Å². The van der Waals surface area contributed by atoms with Crippen LogP contribution in [0.1, 0.15) is 40.5 Å². The third-order valence-electron chi connectivity index (χ3n) is 2.32. The highest BCUT2D eigenvalue weighted by Gasteiger charge is 2.11. The highest BCUT2D eigenvalue weighted by atomic mass is 32.2. The highest BCUT2D eigenvalue weighted by Crippen LogP contribution is 2.06. The lowest BCUT2D eigenvalue weighted by Gasteiger charge is -2.21. The molecule has 1 N–H and O–H groups in total. The molecule has 0 spiro atoms. The van der Waals surface area contributed by atoms with Gasteiger partial charge in [0.25, 0.3) is 0 Å². The summed E-state index contributed by atoms with van der Waals surface area (Å²) in [6, 6.07) is 0.730. The van der Waals surface area contributed by atoms with Crippen molar-refractivity contribution in [2.75, 3.05) is 12.0 Å². The SMILES string of the molecule is CC(C)CC(C)NC(C)CCS(C)(=O)=O. The molecule has 2 atom stereocenters. The first-order valence-corrected chi connectivity index (χ1v) is 7.70. The molecule has 0 aromatic heterocycles. The summed E-state index contributed by atoms with van der Waals surface area (Å²) in [5, 5.41) is 3.42. The lowest BCUT2D eigenvalue weighted by atomic mass is 10.0. The molecule has 0 fully saturated rings. The van der Waals surface area contributed by atoms with Gasteiger partial charge in [-0.15, -0.1) is 0 Å². The zero-order valence-corrected chi connectivity index (χ0v) is 11.4. The van der Waals surface area contributed by atoms with Crippen LogP contribution in [0.15, 0.2) is 0 Å². The Hall–Kier alpha value is -0.0900. The molecular weight excluding hydrogens is 210 g/mol. The number of hydrogen-bond donors (Lipinski definition) is 1. The van der Waals surface area contributed by atoms with Crippen molar-refractivity contribution in [3.8, 4) is 0 Å². The third kappa shape index (κ3) is 10.2. The van der Waals surface area contributed by atoms with Gasteiger partial charge in [0.1, 0.15) is 9.84 Å². The minimum atomic E-state index is -2.82. The molecule has 0 aliphatic rings. The van der Waals surface area contributed by atoms with E-state index in [4.69, 9.17) is 0 Å². The van der Waals surface area contributed by atoms with Crippen molar-refractivity contribution in [2.24, 2.45) is 5.92 Å². The van der Waals surface area contributed by atoms with Gasteiger partial charge in [0, 0.05) is 18.3 Å². The summed E-state index contributed by atoms with van der Waals surface area (Å²) in [5.74, 6) is 0.949. The summed E-state index contributed by atoms with van der Waals surface area (Å²) in [6.45, 7) is 8.58. The van der Waals surface area contributed by atoms with Crippen LogP contribution in [0.2, 0.25) is 0 Å². The van der Waals surface area contributed by atoms with E-state index in [9.17, 15) is 8.42 Å². The predicted octanol–water partition coefficient (Wildman–Crippen LogP) is 1.83. The Balaban J connectivity index is 3.78. The van der Waals surface area contributed by atoms with Crippen LogP contribution in [-0.2, 0) is 9.84 Å². The van der Waals surface area contributed by atoms with E-state index in [0.717, 1.165) is 6.42 Å². The molecule has 0 rings (SSSR count). The Morgan fingerprint density at radius 1 is 1.07 bits per heavy atom. The van der Waals surface area contributed by atoms with E-state index in [0.29, 0.717) is 18.4 Å². The average Bonchev–Trinajstić information content (AvgIpc) is 1.97. The smallest absolute Gasteiger partial charge is 0.147 e. The second-order valence-corrected chi connectivity index (χ2v) is 7.28. The average molecular weight is 235 g/mol. The van der Waals surface area contributed by atoms with E-state index < -0.39 is 9.84 Å². The second kappa shape index (κ2) is 6.48. The van der Waals surface area contributed by atoms with E-state index in [2.05, 4.69) is 26.1 Å². The molecule has 0 radical (unpaired) electrons. The Labute approximate surface area is 94.6 Å². The number of sulfone groups is 1. The van der Waals surface area contributed by atoms with E-state index in [1.165, 1.54) is 6.26 Å². The van der Waals surface area contributed by atoms with Crippen molar-refractivity contribution in [3.63, 3.8) is 0 Å². The Morgan fingerprint density at radius 3 is 2.00 bits per heavy atom. The molecule has 0 aromatic carbocycles. The summed E-state index contributed by atoms with van der Waals surface area (Å²) in [4.78, 5) is 0. The highest BCUT2D eigenvalue weighted by molar-refractivity contribution is 7.90. The van der Waals surface area contributed by atoms with Crippen LogP contribution in [-0.4, -0.2) is 32.5 Å². The normalized spacial score (nSPS) is 16.7. The number of rotatable bonds is 7. The van der Waals surface area contributed by atoms with Crippen LogP contribution in [0.4, 0.5) is 0 Å². The standard InChI is InChI=1S/C11H25NO2S/c1-9(2)8-11(4)12-10(3)6-7-15(5,13)14/h9-12H,6-8H2,1-5H3. The topological polar surface area (TPSA) is 46.2 Å². The Morgan fingerprint density at radius 2 is 1.60 bits per heavy atom. The van der Waals surface area contributed by atoms with Gasteiger partial charge in [0.05, 0.1) is 5.75 Å². The Bertz CT molecular complexity index is 260.